The highest BCUT2D eigenvalue weighted by atomic mass is 32.1. The molecule has 0 bridgehead atoms. The summed E-state index contributed by atoms with van der Waals surface area (Å²) in [6.45, 7) is 7.03. The monoisotopic (exact) mass is 265 g/mol. The lowest BCUT2D eigenvalue weighted by atomic mass is 9.78. The summed E-state index contributed by atoms with van der Waals surface area (Å²) in [4.78, 5) is 1.64. The molecule has 1 aromatic heterocycles. The van der Waals surface area contributed by atoms with E-state index in [2.05, 4.69) is 44.6 Å². The van der Waals surface area contributed by atoms with Gasteiger partial charge in [-0.15, -0.1) is 11.3 Å². The zero-order chi connectivity index (χ0) is 13.2. The molecule has 2 rings (SSSR count). The van der Waals surface area contributed by atoms with Crippen LogP contribution in [-0.4, -0.2) is 13.1 Å². The lowest BCUT2D eigenvalue weighted by Crippen LogP contribution is -2.34. The highest BCUT2D eigenvalue weighted by Gasteiger charge is 2.28. The largest absolute Gasteiger partial charge is 0.316 e. The summed E-state index contributed by atoms with van der Waals surface area (Å²) in [5, 5.41) is 5.86. The molecular weight excluding hydrogens is 238 g/mol. The van der Waals surface area contributed by atoms with E-state index < -0.39 is 0 Å². The first-order valence-corrected chi connectivity index (χ1v) is 8.13. The van der Waals surface area contributed by atoms with Crippen LogP contribution in [0.4, 0.5) is 0 Å². The van der Waals surface area contributed by atoms with E-state index in [-0.39, 0.29) is 0 Å². The van der Waals surface area contributed by atoms with Gasteiger partial charge >= 0.3 is 0 Å². The Morgan fingerprint density at radius 1 is 1.44 bits per heavy atom. The van der Waals surface area contributed by atoms with Gasteiger partial charge in [0.25, 0.3) is 0 Å². The minimum atomic E-state index is 0.446. The Kier molecular flexibility index (Phi) is 4.50. The van der Waals surface area contributed by atoms with Crippen molar-refractivity contribution in [3.8, 4) is 0 Å². The van der Waals surface area contributed by atoms with Crippen molar-refractivity contribution < 1.29 is 0 Å². The molecule has 0 spiro atoms. The molecule has 0 fully saturated rings. The van der Waals surface area contributed by atoms with Crippen LogP contribution >= 0.6 is 11.3 Å². The number of fused-ring (bicyclic) bond motifs is 1. The van der Waals surface area contributed by atoms with Crippen LogP contribution < -0.4 is 5.32 Å². The summed E-state index contributed by atoms with van der Waals surface area (Å²) in [5.74, 6) is 0.743. The van der Waals surface area contributed by atoms with Crippen LogP contribution in [0.2, 0.25) is 0 Å². The first-order chi connectivity index (χ1) is 8.51. The molecule has 0 saturated carbocycles. The molecule has 102 valence electrons. The van der Waals surface area contributed by atoms with Gasteiger partial charge in [0.2, 0.25) is 0 Å². The second-order valence-electron chi connectivity index (χ2n) is 6.79. The maximum absolute atomic E-state index is 3.58. The number of hydrogen-bond donors (Lipinski definition) is 1. The molecule has 1 heterocycles. The fraction of sp³-hybridized carbons (Fsp3) is 0.750. The Bertz CT molecular complexity index is 375. The molecule has 1 N–H and O–H groups in total. The van der Waals surface area contributed by atoms with Gasteiger partial charge in [0.05, 0.1) is 0 Å². The van der Waals surface area contributed by atoms with Crippen molar-refractivity contribution in [2.75, 3.05) is 7.05 Å². The van der Waals surface area contributed by atoms with Crippen molar-refractivity contribution in [3.05, 3.63) is 21.9 Å². The summed E-state index contributed by atoms with van der Waals surface area (Å²) >= 11 is 1.95. The molecule has 2 heteroatoms. The van der Waals surface area contributed by atoms with E-state index in [1.807, 2.05) is 11.3 Å². The van der Waals surface area contributed by atoms with Crippen LogP contribution in [0, 0.1) is 5.41 Å². The van der Waals surface area contributed by atoms with Gasteiger partial charge in [-0.25, -0.2) is 0 Å². The molecular formula is C16H27NS. The molecule has 2 unspecified atom stereocenters. The van der Waals surface area contributed by atoms with Crippen LogP contribution in [0.1, 0.15) is 62.8 Å². The van der Waals surface area contributed by atoms with Gasteiger partial charge in [0.1, 0.15) is 0 Å². The highest BCUT2D eigenvalue weighted by Crippen LogP contribution is 2.38. The van der Waals surface area contributed by atoms with E-state index in [1.165, 1.54) is 32.1 Å². The highest BCUT2D eigenvalue weighted by molar-refractivity contribution is 7.10. The van der Waals surface area contributed by atoms with Crippen molar-refractivity contribution in [2.24, 2.45) is 5.41 Å². The maximum Gasteiger partial charge on any atom is 0.0133 e. The minimum Gasteiger partial charge on any atom is -0.316 e. The van der Waals surface area contributed by atoms with Gasteiger partial charge in [0, 0.05) is 16.8 Å². The standard InChI is InChI=1S/C16H27NS/c1-16(2,3)10-8-14(17-4)12-6-5-7-15-13(12)9-11-18-15/h9,11-12,14,17H,5-8,10H2,1-4H3. The van der Waals surface area contributed by atoms with Gasteiger partial charge in [-0.05, 0) is 61.6 Å². The zero-order valence-electron chi connectivity index (χ0n) is 12.3. The number of nitrogens with one attached hydrogen (secondary N) is 1. The third-order valence-corrected chi connectivity index (χ3v) is 5.16. The third kappa shape index (κ3) is 3.36. The molecule has 1 aliphatic carbocycles. The van der Waals surface area contributed by atoms with Crippen molar-refractivity contribution >= 4 is 11.3 Å². The molecule has 0 radical (unpaired) electrons. The molecule has 0 amide bonds. The molecule has 0 aliphatic heterocycles. The lowest BCUT2D eigenvalue weighted by Gasteiger charge is -2.32. The van der Waals surface area contributed by atoms with E-state index in [9.17, 15) is 0 Å². The van der Waals surface area contributed by atoms with E-state index in [0.717, 1.165) is 5.92 Å². The Hall–Kier alpha value is -0.340. The van der Waals surface area contributed by atoms with Crippen molar-refractivity contribution in [1.29, 1.82) is 0 Å². The van der Waals surface area contributed by atoms with Gasteiger partial charge in [-0.1, -0.05) is 20.8 Å². The van der Waals surface area contributed by atoms with Gasteiger partial charge in [-0.2, -0.15) is 0 Å². The zero-order valence-corrected chi connectivity index (χ0v) is 13.1. The molecule has 2 atom stereocenters. The van der Waals surface area contributed by atoms with Crippen LogP contribution in [0.25, 0.3) is 0 Å². The average Bonchev–Trinajstić information content (AvgIpc) is 2.77. The molecule has 0 aromatic carbocycles. The van der Waals surface area contributed by atoms with Gasteiger partial charge in [0.15, 0.2) is 0 Å². The van der Waals surface area contributed by atoms with Crippen LogP contribution in [0.15, 0.2) is 11.4 Å². The maximum atomic E-state index is 3.58. The number of hydrogen-bond acceptors (Lipinski definition) is 2. The fourth-order valence-electron chi connectivity index (χ4n) is 3.08. The Balaban J connectivity index is 2.06. The molecule has 0 saturated heterocycles. The number of rotatable bonds is 4. The second-order valence-corrected chi connectivity index (χ2v) is 7.79. The number of aryl methyl sites for hydroxylation is 1. The minimum absolute atomic E-state index is 0.446. The second kappa shape index (κ2) is 5.75. The van der Waals surface area contributed by atoms with E-state index in [4.69, 9.17) is 0 Å². The fourth-order valence-corrected chi connectivity index (χ4v) is 4.07. The van der Waals surface area contributed by atoms with Gasteiger partial charge < -0.3 is 5.32 Å². The van der Waals surface area contributed by atoms with Crippen molar-refractivity contribution in [3.63, 3.8) is 0 Å². The summed E-state index contributed by atoms with van der Waals surface area (Å²) in [7, 11) is 2.13. The average molecular weight is 265 g/mol. The van der Waals surface area contributed by atoms with E-state index >= 15 is 0 Å². The van der Waals surface area contributed by atoms with Crippen LogP contribution in [0.5, 0.6) is 0 Å². The topological polar surface area (TPSA) is 12.0 Å². The Morgan fingerprint density at radius 2 is 2.22 bits per heavy atom. The van der Waals surface area contributed by atoms with E-state index in [0.29, 0.717) is 11.5 Å². The summed E-state index contributed by atoms with van der Waals surface area (Å²) in [6, 6.07) is 3.02. The summed E-state index contributed by atoms with van der Waals surface area (Å²) in [5.41, 5.74) is 2.08. The van der Waals surface area contributed by atoms with Crippen LogP contribution in [0.3, 0.4) is 0 Å². The predicted molar refractivity (Wildman–Crippen MR) is 81.5 cm³/mol. The molecule has 18 heavy (non-hydrogen) atoms. The smallest absolute Gasteiger partial charge is 0.0133 e. The quantitative estimate of drug-likeness (QED) is 0.840. The Morgan fingerprint density at radius 3 is 2.89 bits per heavy atom. The number of likely N-dealkylation sites (N-methyl/N-ethyl adjacent to an activating group) is 1. The predicted octanol–water partition coefficient (Wildman–Crippen LogP) is 4.58. The summed E-state index contributed by atoms with van der Waals surface area (Å²) < 4.78 is 0. The first-order valence-electron chi connectivity index (χ1n) is 7.25. The first kappa shape index (κ1) is 14.1. The SMILES string of the molecule is CNC(CCC(C)(C)C)C1CCCc2sccc21. The van der Waals surface area contributed by atoms with Crippen LogP contribution in [-0.2, 0) is 6.42 Å². The molecule has 1 aromatic rings. The third-order valence-electron chi connectivity index (χ3n) is 4.16. The van der Waals surface area contributed by atoms with E-state index in [1.54, 1.807) is 10.4 Å². The lowest BCUT2D eigenvalue weighted by molar-refractivity contribution is 0.306. The molecule has 1 nitrogen and oxygen atoms in total. The normalized spacial score (nSPS) is 21.7. The van der Waals surface area contributed by atoms with Crippen molar-refractivity contribution in [2.45, 2.75) is 64.8 Å². The number of thiophene rings is 1. The molecule has 1 aliphatic rings. The van der Waals surface area contributed by atoms with Crippen molar-refractivity contribution in [1.82, 2.24) is 5.32 Å². The summed E-state index contributed by atoms with van der Waals surface area (Å²) in [6.07, 6.45) is 6.62. The van der Waals surface area contributed by atoms with Gasteiger partial charge in [-0.3, -0.25) is 0 Å². The Labute approximate surface area is 116 Å².